The summed E-state index contributed by atoms with van der Waals surface area (Å²) in [7, 11) is 1.50. The van der Waals surface area contributed by atoms with Crippen molar-refractivity contribution in [1.29, 1.82) is 0 Å². The second kappa shape index (κ2) is 11.3. The van der Waals surface area contributed by atoms with E-state index in [9.17, 15) is 9.50 Å². The van der Waals surface area contributed by atoms with Crippen molar-refractivity contribution in [1.82, 2.24) is 20.2 Å². The van der Waals surface area contributed by atoms with E-state index in [0.717, 1.165) is 49.7 Å². The molecule has 3 aromatic carbocycles. The van der Waals surface area contributed by atoms with Gasteiger partial charge in [-0.3, -0.25) is 4.90 Å². The van der Waals surface area contributed by atoms with Gasteiger partial charge in [-0.1, -0.05) is 30.3 Å². The summed E-state index contributed by atoms with van der Waals surface area (Å²) >= 11 is 0. The molecular formula is C33H37F2N5O2. The van der Waals surface area contributed by atoms with Crippen molar-refractivity contribution in [3.63, 3.8) is 0 Å². The van der Waals surface area contributed by atoms with Crippen molar-refractivity contribution < 1.29 is 18.6 Å². The van der Waals surface area contributed by atoms with Crippen LogP contribution < -0.4 is 15.0 Å². The number of rotatable bonds is 3. The van der Waals surface area contributed by atoms with Crippen LogP contribution in [0.25, 0.3) is 32.8 Å². The number of halogens is 2. The molecule has 4 atom stereocenters. The number of phenolic OH excluding ortho intramolecular Hbond substituents is 1. The average Bonchev–Trinajstić information content (AvgIpc) is 3.67. The van der Waals surface area contributed by atoms with Crippen LogP contribution in [0.15, 0.2) is 48.5 Å². The largest absolute Gasteiger partial charge is 0.508 e. The highest BCUT2D eigenvalue weighted by atomic mass is 19.1. The lowest BCUT2D eigenvalue weighted by molar-refractivity contribution is 0.292. The zero-order chi connectivity index (χ0) is 28.8. The van der Waals surface area contributed by atoms with Gasteiger partial charge in [-0.2, -0.15) is 9.97 Å². The molecule has 2 bridgehead atoms. The number of benzene rings is 3. The maximum atomic E-state index is 16.0. The monoisotopic (exact) mass is 573 g/mol. The standard InChI is InChI=1S/C26H25FN4O2.C7H12FN/c1-33-26-29-24-21(25(30-26)31-11-10-16-6-7-17(14-31)28-16)9-8-20(23(24)27)22-13-18(32)12-15-4-2-3-5-19(15)22;8-6-4-7-2-1-3-9(7)5-6/h2-5,8-9,12-13,16-17,28,32H,6-7,10-11,14H2,1H3;6-7H,1-5H2. The number of aromatic hydroxyl groups is 1. The molecule has 7 nitrogen and oxygen atoms in total. The van der Waals surface area contributed by atoms with Gasteiger partial charge in [-0.25, -0.2) is 8.78 Å². The number of aromatic nitrogens is 2. The van der Waals surface area contributed by atoms with E-state index >= 15 is 4.39 Å². The Kier molecular flexibility index (Phi) is 7.32. The molecular weight excluding hydrogens is 536 g/mol. The molecule has 0 amide bonds. The van der Waals surface area contributed by atoms with E-state index in [1.165, 1.54) is 26.4 Å². The van der Waals surface area contributed by atoms with Crippen molar-refractivity contribution >= 4 is 27.5 Å². The zero-order valence-corrected chi connectivity index (χ0v) is 23.9. The van der Waals surface area contributed by atoms with Gasteiger partial charge in [0.2, 0.25) is 0 Å². The first-order chi connectivity index (χ1) is 20.5. The Morgan fingerprint density at radius 2 is 1.79 bits per heavy atom. The number of methoxy groups -OCH3 is 1. The molecule has 4 unspecified atom stereocenters. The summed E-state index contributed by atoms with van der Waals surface area (Å²) in [4.78, 5) is 13.5. The Hall–Kier alpha value is -3.56. The third kappa shape index (κ3) is 5.13. The van der Waals surface area contributed by atoms with Crippen LogP contribution in [0.5, 0.6) is 11.8 Å². The second-order valence-electron chi connectivity index (χ2n) is 12.1. The van der Waals surface area contributed by atoms with E-state index in [1.807, 2.05) is 30.3 Å². The molecule has 4 aliphatic heterocycles. The Morgan fingerprint density at radius 3 is 2.64 bits per heavy atom. The van der Waals surface area contributed by atoms with E-state index in [0.29, 0.717) is 47.0 Å². The smallest absolute Gasteiger partial charge is 0.318 e. The minimum absolute atomic E-state index is 0.0938. The van der Waals surface area contributed by atoms with Crippen molar-refractivity contribution in [3.8, 4) is 22.9 Å². The van der Waals surface area contributed by atoms with Gasteiger partial charge in [0.15, 0.2) is 5.82 Å². The van der Waals surface area contributed by atoms with E-state index in [1.54, 1.807) is 18.2 Å². The van der Waals surface area contributed by atoms with Gasteiger partial charge in [0.1, 0.15) is 23.3 Å². The van der Waals surface area contributed by atoms with Crippen molar-refractivity contribution in [2.75, 3.05) is 38.2 Å². The van der Waals surface area contributed by atoms with Crippen LogP contribution >= 0.6 is 0 Å². The summed E-state index contributed by atoms with van der Waals surface area (Å²) < 4.78 is 34.0. The summed E-state index contributed by atoms with van der Waals surface area (Å²) in [6.07, 6.45) is 6.19. The lowest BCUT2D eigenvalue weighted by Gasteiger charge is -2.26. The maximum absolute atomic E-state index is 16.0. The van der Waals surface area contributed by atoms with Crippen LogP contribution in [0, 0.1) is 5.82 Å². The number of fused-ring (bicyclic) bond motifs is 5. The molecule has 0 spiro atoms. The first kappa shape index (κ1) is 27.3. The van der Waals surface area contributed by atoms with Crippen LogP contribution in [0.3, 0.4) is 0 Å². The fourth-order valence-corrected chi connectivity index (χ4v) is 7.35. The Bertz CT molecular complexity index is 1600. The fraction of sp³-hybridized carbons (Fsp3) is 0.455. The number of alkyl halides is 1. The number of hydrogen-bond acceptors (Lipinski definition) is 7. The number of ether oxygens (including phenoxy) is 1. The van der Waals surface area contributed by atoms with Crippen LogP contribution in [0.4, 0.5) is 14.6 Å². The lowest BCUT2D eigenvalue weighted by Crippen LogP contribution is -2.35. The van der Waals surface area contributed by atoms with Gasteiger partial charge in [0, 0.05) is 48.7 Å². The van der Waals surface area contributed by atoms with Gasteiger partial charge in [-0.05, 0) is 79.6 Å². The molecule has 4 aromatic rings. The third-order valence-corrected chi connectivity index (χ3v) is 9.37. The van der Waals surface area contributed by atoms with E-state index in [-0.39, 0.29) is 17.3 Å². The molecule has 220 valence electrons. The lowest BCUT2D eigenvalue weighted by atomic mass is 9.96. The molecule has 0 saturated carbocycles. The SMILES string of the molecule is COc1nc(N2CCC3CCC(C2)N3)c2ccc(-c3cc(O)cc4ccccc34)c(F)c2n1.FC1CC2CCCN2C1. The van der Waals surface area contributed by atoms with E-state index < -0.39 is 12.0 Å². The van der Waals surface area contributed by atoms with E-state index in [2.05, 4.69) is 25.1 Å². The molecule has 4 fully saturated rings. The minimum atomic E-state index is -0.518. The highest BCUT2D eigenvalue weighted by molar-refractivity contribution is 6.01. The molecule has 8 rings (SSSR count). The van der Waals surface area contributed by atoms with Crippen LogP contribution in [-0.2, 0) is 0 Å². The van der Waals surface area contributed by atoms with E-state index in [4.69, 9.17) is 4.74 Å². The first-order valence-electron chi connectivity index (χ1n) is 15.1. The molecule has 0 aliphatic carbocycles. The predicted octanol–water partition coefficient (Wildman–Crippen LogP) is 5.83. The van der Waals surface area contributed by atoms with Crippen molar-refractivity contribution in [2.45, 2.75) is 62.8 Å². The number of phenols is 1. The van der Waals surface area contributed by atoms with Gasteiger partial charge in [0.25, 0.3) is 0 Å². The van der Waals surface area contributed by atoms with Gasteiger partial charge in [-0.15, -0.1) is 0 Å². The maximum Gasteiger partial charge on any atom is 0.318 e. The minimum Gasteiger partial charge on any atom is -0.508 e. The summed E-state index contributed by atoms with van der Waals surface area (Å²) in [5, 5.41) is 16.3. The molecule has 1 aromatic heterocycles. The summed E-state index contributed by atoms with van der Waals surface area (Å²) in [5.74, 6) is 0.355. The summed E-state index contributed by atoms with van der Waals surface area (Å²) in [6.45, 7) is 3.53. The summed E-state index contributed by atoms with van der Waals surface area (Å²) in [5.41, 5.74) is 1.24. The number of hydrogen-bond donors (Lipinski definition) is 2. The molecule has 5 heterocycles. The van der Waals surface area contributed by atoms with Gasteiger partial charge in [0.05, 0.1) is 7.11 Å². The van der Waals surface area contributed by atoms with Crippen molar-refractivity contribution in [3.05, 3.63) is 54.3 Å². The third-order valence-electron chi connectivity index (χ3n) is 9.37. The Balaban J connectivity index is 0.000000272. The average molecular weight is 574 g/mol. The number of nitrogens with zero attached hydrogens (tertiary/aromatic N) is 4. The quantitative estimate of drug-likeness (QED) is 0.320. The highest BCUT2D eigenvalue weighted by Gasteiger charge is 2.35. The van der Waals surface area contributed by atoms with Gasteiger partial charge >= 0.3 is 6.01 Å². The highest BCUT2D eigenvalue weighted by Crippen LogP contribution is 2.38. The molecule has 2 N–H and O–H groups in total. The number of nitrogens with one attached hydrogen (secondary N) is 1. The first-order valence-corrected chi connectivity index (χ1v) is 15.1. The van der Waals surface area contributed by atoms with Crippen molar-refractivity contribution in [2.24, 2.45) is 0 Å². The van der Waals surface area contributed by atoms with Crippen LogP contribution in [-0.4, -0.2) is 77.6 Å². The topological polar surface area (TPSA) is 73.8 Å². The van der Waals surface area contributed by atoms with Crippen LogP contribution in [0.2, 0.25) is 0 Å². The van der Waals surface area contributed by atoms with Gasteiger partial charge < -0.3 is 20.1 Å². The fourth-order valence-electron chi connectivity index (χ4n) is 7.35. The summed E-state index contributed by atoms with van der Waals surface area (Å²) in [6, 6.07) is 16.3. The zero-order valence-electron chi connectivity index (χ0n) is 23.9. The molecule has 4 saturated heterocycles. The Labute approximate surface area is 244 Å². The predicted molar refractivity (Wildman–Crippen MR) is 162 cm³/mol. The normalized spacial score (nSPS) is 25.4. The molecule has 0 radical (unpaired) electrons. The molecule has 4 aliphatic rings. The second-order valence-corrected chi connectivity index (χ2v) is 12.1. The molecule has 9 heteroatoms. The van der Waals surface area contributed by atoms with Crippen LogP contribution in [0.1, 0.15) is 38.5 Å². The Morgan fingerprint density at radius 1 is 0.929 bits per heavy atom. The molecule has 42 heavy (non-hydrogen) atoms. The number of anilines is 1.